The number of carbonyl (C=O) groups excluding carboxylic acids is 1. The number of halogens is 1. The second kappa shape index (κ2) is 6.96. The Balaban J connectivity index is 2.50. The Labute approximate surface area is 107 Å². The van der Waals surface area contributed by atoms with E-state index < -0.39 is 11.8 Å². The van der Waals surface area contributed by atoms with Crippen LogP contribution in [-0.2, 0) is 4.74 Å². The van der Waals surface area contributed by atoms with Gasteiger partial charge in [-0.05, 0) is 31.3 Å². The fraction of sp³-hybridized carbons (Fsp3) is 0.462. The third kappa shape index (κ3) is 4.00. The van der Waals surface area contributed by atoms with Crippen molar-refractivity contribution in [1.29, 1.82) is 0 Å². The fourth-order valence-corrected chi connectivity index (χ4v) is 1.60. The van der Waals surface area contributed by atoms with E-state index in [-0.39, 0.29) is 11.3 Å². The van der Waals surface area contributed by atoms with Gasteiger partial charge in [-0.15, -0.1) is 0 Å². The number of carbonyl (C=O) groups is 1. The van der Waals surface area contributed by atoms with Gasteiger partial charge < -0.3 is 15.4 Å². The lowest BCUT2D eigenvalue weighted by Gasteiger charge is -2.17. The number of benzene rings is 1. The van der Waals surface area contributed by atoms with Crippen LogP contribution in [0, 0.1) is 5.82 Å². The number of likely N-dealkylation sites (N-methyl/N-ethyl adjacent to an activating group) is 1. The van der Waals surface area contributed by atoms with Crippen LogP contribution >= 0.6 is 0 Å². The van der Waals surface area contributed by atoms with Gasteiger partial charge in [0, 0.05) is 12.2 Å². The maximum absolute atomic E-state index is 12.8. The molecular formula is C13H19FN2O2. The molecule has 18 heavy (non-hydrogen) atoms. The molecule has 0 bridgehead atoms. The molecule has 2 N–H and O–H groups in total. The number of rotatable bonds is 6. The fourth-order valence-electron chi connectivity index (χ4n) is 1.60. The lowest BCUT2D eigenvalue weighted by atomic mass is 10.2. The van der Waals surface area contributed by atoms with Crippen LogP contribution in [0.5, 0.6) is 0 Å². The van der Waals surface area contributed by atoms with E-state index in [2.05, 4.69) is 4.90 Å². The zero-order valence-electron chi connectivity index (χ0n) is 10.8. The van der Waals surface area contributed by atoms with Crippen molar-refractivity contribution in [2.24, 2.45) is 0 Å². The highest BCUT2D eigenvalue weighted by molar-refractivity contribution is 5.94. The molecule has 0 heterocycles. The molecule has 100 valence electrons. The third-order valence-electron chi connectivity index (χ3n) is 2.77. The minimum Gasteiger partial charge on any atom is -0.461 e. The van der Waals surface area contributed by atoms with Gasteiger partial charge in [0.15, 0.2) is 0 Å². The molecule has 0 radical (unpaired) electrons. The highest BCUT2D eigenvalue weighted by Crippen LogP contribution is 2.14. The third-order valence-corrected chi connectivity index (χ3v) is 2.77. The largest absolute Gasteiger partial charge is 0.461 e. The Morgan fingerprint density at radius 3 is 2.61 bits per heavy atom. The average molecular weight is 254 g/mol. The summed E-state index contributed by atoms with van der Waals surface area (Å²) >= 11 is 0. The highest BCUT2D eigenvalue weighted by atomic mass is 19.1. The Morgan fingerprint density at radius 1 is 1.39 bits per heavy atom. The summed E-state index contributed by atoms with van der Waals surface area (Å²) in [6, 6.07) is 3.64. The maximum Gasteiger partial charge on any atom is 0.340 e. The Hall–Kier alpha value is -1.62. The van der Waals surface area contributed by atoms with Gasteiger partial charge >= 0.3 is 5.97 Å². The van der Waals surface area contributed by atoms with Crippen LogP contribution in [0.3, 0.4) is 0 Å². The van der Waals surface area contributed by atoms with Crippen LogP contribution in [0.15, 0.2) is 18.2 Å². The molecule has 5 heteroatoms. The van der Waals surface area contributed by atoms with Gasteiger partial charge in [-0.2, -0.15) is 0 Å². The molecule has 1 rings (SSSR count). The predicted molar refractivity (Wildman–Crippen MR) is 68.9 cm³/mol. The summed E-state index contributed by atoms with van der Waals surface area (Å²) in [4.78, 5) is 13.8. The second-order valence-electron chi connectivity index (χ2n) is 3.89. The Bertz CT molecular complexity index is 406. The van der Waals surface area contributed by atoms with Crippen molar-refractivity contribution in [2.75, 3.05) is 32.0 Å². The lowest BCUT2D eigenvalue weighted by Crippen LogP contribution is -2.28. The molecular weight excluding hydrogens is 235 g/mol. The van der Waals surface area contributed by atoms with Crippen LogP contribution in [0.2, 0.25) is 0 Å². The molecule has 4 nitrogen and oxygen atoms in total. The number of nitrogens with zero attached hydrogens (tertiary/aromatic N) is 1. The standard InChI is InChI=1S/C13H19FN2O2/c1-3-16(4-2)7-8-18-13(17)11-6-5-10(14)9-12(11)15/h5-6,9H,3-4,7-8,15H2,1-2H3. The van der Waals surface area contributed by atoms with Crippen molar-refractivity contribution >= 4 is 11.7 Å². The normalized spacial score (nSPS) is 10.7. The first-order valence-electron chi connectivity index (χ1n) is 6.03. The first kappa shape index (κ1) is 14.4. The Kier molecular flexibility index (Phi) is 5.58. The summed E-state index contributed by atoms with van der Waals surface area (Å²) in [5.74, 6) is -0.980. The first-order chi connectivity index (χ1) is 8.58. The monoisotopic (exact) mass is 254 g/mol. The van der Waals surface area contributed by atoms with Gasteiger partial charge in [0.25, 0.3) is 0 Å². The van der Waals surface area contributed by atoms with Crippen molar-refractivity contribution < 1.29 is 13.9 Å². The van der Waals surface area contributed by atoms with E-state index in [0.717, 1.165) is 19.2 Å². The molecule has 0 saturated heterocycles. The van der Waals surface area contributed by atoms with Gasteiger partial charge in [-0.3, -0.25) is 0 Å². The molecule has 0 fully saturated rings. The number of anilines is 1. The van der Waals surface area contributed by atoms with Gasteiger partial charge in [-0.1, -0.05) is 13.8 Å². The molecule has 0 aliphatic carbocycles. The van der Waals surface area contributed by atoms with Crippen molar-refractivity contribution in [3.8, 4) is 0 Å². The van der Waals surface area contributed by atoms with E-state index in [0.29, 0.717) is 13.2 Å². The summed E-state index contributed by atoms with van der Waals surface area (Å²) in [5.41, 5.74) is 5.86. The van der Waals surface area contributed by atoms with Crippen molar-refractivity contribution in [3.05, 3.63) is 29.6 Å². The van der Waals surface area contributed by atoms with Crippen LogP contribution in [0.4, 0.5) is 10.1 Å². The smallest absolute Gasteiger partial charge is 0.340 e. The summed E-state index contributed by atoms with van der Waals surface area (Å²) in [6.45, 7) is 6.89. The highest BCUT2D eigenvalue weighted by Gasteiger charge is 2.12. The average Bonchev–Trinajstić information content (AvgIpc) is 2.34. The topological polar surface area (TPSA) is 55.6 Å². The second-order valence-corrected chi connectivity index (χ2v) is 3.89. The quantitative estimate of drug-likeness (QED) is 0.622. The lowest BCUT2D eigenvalue weighted by molar-refractivity contribution is 0.0467. The summed E-state index contributed by atoms with van der Waals surface area (Å²) in [7, 11) is 0. The molecule has 0 spiro atoms. The number of esters is 1. The van der Waals surface area contributed by atoms with Crippen molar-refractivity contribution in [1.82, 2.24) is 4.90 Å². The number of nitrogen functional groups attached to an aromatic ring is 1. The van der Waals surface area contributed by atoms with Crippen LogP contribution in [0.1, 0.15) is 24.2 Å². The Morgan fingerprint density at radius 2 is 2.06 bits per heavy atom. The predicted octanol–water partition coefficient (Wildman–Crippen LogP) is 1.91. The molecule has 0 saturated carbocycles. The SMILES string of the molecule is CCN(CC)CCOC(=O)c1ccc(F)cc1N. The van der Waals surface area contributed by atoms with Crippen LogP contribution in [0.25, 0.3) is 0 Å². The number of hydrogen-bond acceptors (Lipinski definition) is 4. The van der Waals surface area contributed by atoms with Crippen molar-refractivity contribution in [2.45, 2.75) is 13.8 Å². The van der Waals surface area contributed by atoms with E-state index in [4.69, 9.17) is 10.5 Å². The zero-order chi connectivity index (χ0) is 13.5. The number of nitrogens with two attached hydrogens (primary N) is 1. The number of hydrogen-bond donors (Lipinski definition) is 1. The van der Waals surface area contributed by atoms with Crippen LogP contribution < -0.4 is 5.73 Å². The van der Waals surface area contributed by atoms with Gasteiger partial charge in [0.05, 0.1) is 5.56 Å². The molecule has 1 aromatic rings. The first-order valence-corrected chi connectivity index (χ1v) is 6.03. The van der Waals surface area contributed by atoms with Gasteiger partial charge in [0.1, 0.15) is 12.4 Å². The molecule has 1 aromatic carbocycles. The van der Waals surface area contributed by atoms with Crippen LogP contribution in [-0.4, -0.2) is 37.1 Å². The van der Waals surface area contributed by atoms with E-state index in [1.54, 1.807) is 0 Å². The minimum atomic E-state index is -0.514. The van der Waals surface area contributed by atoms with Crippen molar-refractivity contribution in [3.63, 3.8) is 0 Å². The maximum atomic E-state index is 12.8. The summed E-state index contributed by atoms with van der Waals surface area (Å²) in [6.07, 6.45) is 0. The van der Waals surface area contributed by atoms with Gasteiger partial charge in [-0.25, -0.2) is 9.18 Å². The van der Waals surface area contributed by atoms with E-state index in [9.17, 15) is 9.18 Å². The molecule has 0 atom stereocenters. The minimum absolute atomic E-state index is 0.0999. The molecule has 0 unspecified atom stereocenters. The molecule has 0 amide bonds. The molecule has 0 aliphatic heterocycles. The van der Waals surface area contributed by atoms with Gasteiger partial charge in [0.2, 0.25) is 0 Å². The molecule has 0 aliphatic rings. The zero-order valence-corrected chi connectivity index (χ0v) is 10.8. The molecule has 0 aromatic heterocycles. The number of ether oxygens (including phenoxy) is 1. The van der Waals surface area contributed by atoms with E-state index >= 15 is 0 Å². The van der Waals surface area contributed by atoms with E-state index in [1.165, 1.54) is 12.1 Å². The van der Waals surface area contributed by atoms with E-state index in [1.807, 2.05) is 13.8 Å². The summed E-state index contributed by atoms with van der Waals surface area (Å²) in [5, 5.41) is 0. The summed E-state index contributed by atoms with van der Waals surface area (Å²) < 4.78 is 17.9.